The highest BCUT2D eigenvalue weighted by Gasteiger charge is 2.21. The molecule has 0 bridgehead atoms. The van der Waals surface area contributed by atoms with Gasteiger partial charge in [-0.2, -0.15) is 0 Å². The van der Waals surface area contributed by atoms with Crippen molar-refractivity contribution in [2.75, 3.05) is 46.5 Å². The first-order chi connectivity index (χ1) is 7.18. The molecule has 0 aromatic heterocycles. The molecule has 0 amide bonds. The zero-order valence-corrected chi connectivity index (χ0v) is 11.8. The van der Waals surface area contributed by atoms with E-state index in [2.05, 4.69) is 14.9 Å². The normalized spacial score (nSPS) is 13.4. The second kappa shape index (κ2) is 6.54. The highest BCUT2D eigenvalue weighted by Crippen LogP contribution is 2.14. The Bertz CT molecular complexity index is 286. The third-order valence-corrected chi connectivity index (χ3v) is 3.46. The van der Waals surface area contributed by atoms with Crippen LogP contribution in [0.4, 0.5) is 0 Å². The van der Waals surface area contributed by atoms with E-state index in [4.69, 9.17) is 0 Å². The van der Waals surface area contributed by atoms with Crippen LogP contribution in [0.5, 0.6) is 0 Å². The van der Waals surface area contributed by atoms with Crippen LogP contribution in [0.3, 0.4) is 0 Å². The van der Waals surface area contributed by atoms with Gasteiger partial charge in [0.15, 0.2) is 0 Å². The van der Waals surface area contributed by atoms with Crippen molar-refractivity contribution in [1.82, 2.24) is 14.9 Å². The highest BCUT2D eigenvalue weighted by molar-refractivity contribution is 7.89. The van der Waals surface area contributed by atoms with Gasteiger partial charge in [0, 0.05) is 19.6 Å². The minimum Gasteiger partial charge on any atom is -0.319 e. The Morgan fingerprint density at radius 1 is 1.25 bits per heavy atom. The molecule has 0 aromatic carbocycles. The van der Waals surface area contributed by atoms with Gasteiger partial charge in [0.05, 0.1) is 5.75 Å². The predicted octanol–water partition coefficient (Wildman–Crippen LogP) is -0.287. The molecule has 98 valence electrons. The number of rotatable bonds is 8. The van der Waals surface area contributed by atoms with Crippen molar-refractivity contribution in [1.29, 1.82) is 0 Å². The maximum Gasteiger partial charge on any atom is 0.212 e. The quantitative estimate of drug-likeness (QED) is 0.622. The fraction of sp³-hybridized carbons (Fsp3) is 1.00. The van der Waals surface area contributed by atoms with Crippen molar-refractivity contribution in [3.63, 3.8) is 0 Å². The molecule has 0 aromatic rings. The van der Waals surface area contributed by atoms with Crippen LogP contribution in [0.1, 0.15) is 13.8 Å². The van der Waals surface area contributed by atoms with Gasteiger partial charge in [-0.1, -0.05) is 13.8 Å². The summed E-state index contributed by atoms with van der Waals surface area (Å²) in [7, 11) is 2.56. The van der Waals surface area contributed by atoms with E-state index in [-0.39, 0.29) is 11.2 Å². The van der Waals surface area contributed by atoms with Gasteiger partial charge >= 0.3 is 0 Å². The molecule has 0 radical (unpaired) electrons. The van der Waals surface area contributed by atoms with Crippen LogP contribution >= 0.6 is 0 Å². The molecule has 0 atom stereocenters. The first-order valence-corrected chi connectivity index (χ1v) is 7.10. The van der Waals surface area contributed by atoms with Crippen molar-refractivity contribution in [3.05, 3.63) is 0 Å². The van der Waals surface area contributed by atoms with Gasteiger partial charge in [0.2, 0.25) is 10.0 Å². The molecular formula is C10H25N3O2S. The van der Waals surface area contributed by atoms with Crippen LogP contribution in [0.25, 0.3) is 0 Å². The highest BCUT2D eigenvalue weighted by atomic mass is 32.2. The summed E-state index contributed by atoms with van der Waals surface area (Å²) < 4.78 is 25.8. The van der Waals surface area contributed by atoms with Gasteiger partial charge < -0.3 is 10.2 Å². The Kier molecular flexibility index (Phi) is 6.47. The molecule has 6 heteroatoms. The molecule has 0 fully saturated rings. The summed E-state index contributed by atoms with van der Waals surface area (Å²) in [6, 6.07) is 0. The number of nitrogens with zero attached hydrogens (tertiary/aromatic N) is 1. The second-order valence-corrected chi connectivity index (χ2v) is 7.07. The van der Waals surface area contributed by atoms with E-state index in [9.17, 15) is 8.42 Å². The molecule has 0 unspecified atom stereocenters. The summed E-state index contributed by atoms with van der Waals surface area (Å²) in [6.07, 6.45) is 0. The standard InChI is InChI=1S/C10H25N3O2S/c1-10(2,9-13(4)5)8-12-16(14,15)7-6-11-3/h11-12H,6-9H2,1-5H3. The maximum atomic E-state index is 11.6. The average molecular weight is 251 g/mol. The fourth-order valence-electron chi connectivity index (χ4n) is 1.53. The van der Waals surface area contributed by atoms with E-state index >= 15 is 0 Å². The average Bonchev–Trinajstić information content (AvgIpc) is 2.10. The summed E-state index contributed by atoms with van der Waals surface area (Å²) in [5.41, 5.74) is -0.0593. The van der Waals surface area contributed by atoms with E-state index in [1.165, 1.54) is 0 Å². The lowest BCUT2D eigenvalue weighted by molar-refractivity contribution is 0.242. The molecule has 0 aliphatic carbocycles. The van der Waals surface area contributed by atoms with E-state index < -0.39 is 10.0 Å². The molecule has 2 N–H and O–H groups in total. The maximum absolute atomic E-state index is 11.6. The van der Waals surface area contributed by atoms with Gasteiger partial charge in [0.1, 0.15) is 0 Å². The van der Waals surface area contributed by atoms with Gasteiger partial charge in [-0.3, -0.25) is 0 Å². The molecular weight excluding hydrogens is 226 g/mol. The molecule has 5 nitrogen and oxygen atoms in total. The van der Waals surface area contributed by atoms with E-state index in [1.807, 2.05) is 27.9 Å². The molecule has 0 saturated heterocycles. The second-order valence-electron chi connectivity index (χ2n) is 5.15. The summed E-state index contributed by atoms with van der Waals surface area (Å²) in [4.78, 5) is 2.06. The number of hydrogen-bond acceptors (Lipinski definition) is 4. The van der Waals surface area contributed by atoms with Crippen molar-refractivity contribution in [2.45, 2.75) is 13.8 Å². The van der Waals surface area contributed by atoms with Crippen molar-refractivity contribution in [3.8, 4) is 0 Å². The first kappa shape index (κ1) is 15.8. The number of nitrogens with one attached hydrogen (secondary N) is 2. The molecule has 0 aliphatic heterocycles. The van der Waals surface area contributed by atoms with Gasteiger partial charge in [-0.05, 0) is 26.6 Å². The molecule has 0 heterocycles. The predicted molar refractivity (Wildman–Crippen MR) is 68.1 cm³/mol. The summed E-state index contributed by atoms with van der Waals surface area (Å²) in [5.74, 6) is 0.127. The monoisotopic (exact) mass is 251 g/mol. The smallest absolute Gasteiger partial charge is 0.212 e. The Morgan fingerprint density at radius 3 is 2.25 bits per heavy atom. The minimum absolute atomic E-state index is 0.0593. The topological polar surface area (TPSA) is 61.4 Å². The van der Waals surface area contributed by atoms with Gasteiger partial charge in [-0.15, -0.1) is 0 Å². The lowest BCUT2D eigenvalue weighted by atomic mass is 9.93. The Labute approximate surface area is 99.6 Å². The van der Waals surface area contributed by atoms with Crippen LogP contribution in [0.15, 0.2) is 0 Å². The van der Waals surface area contributed by atoms with Crippen LogP contribution < -0.4 is 10.0 Å². The van der Waals surface area contributed by atoms with Crippen LogP contribution in [0.2, 0.25) is 0 Å². The van der Waals surface area contributed by atoms with Gasteiger partial charge in [-0.25, -0.2) is 13.1 Å². The van der Waals surface area contributed by atoms with Crippen molar-refractivity contribution < 1.29 is 8.42 Å². The fourth-order valence-corrected chi connectivity index (χ4v) is 2.75. The number of sulfonamides is 1. The SMILES string of the molecule is CNCCS(=O)(=O)NCC(C)(C)CN(C)C. The summed E-state index contributed by atoms with van der Waals surface area (Å²) in [5, 5.41) is 2.83. The van der Waals surface area contributed by atoms with E-state index in [0.717, 1.165) is 6.54 Å². The Balaban J connectivity index is 4.12. The largest absolute Gasteiger partial charge is 0.319 e. The number of hydrogen-bond donors (Lipinski definition) is 2. The first-order valence-electron chi connectivity index (χ1n) is 5.45. The molecule has 0 saturated carbocycles. The molecule has 0 rings (SSSR count). The third kappa shape index (κ3) is 8.04. The van der Waals surface area contributed by atoms with Crippen LogP contribution in [-0.2, 0) is 10.0 Å². The van der Waals surface area contributed by atoms with Crippen LogP contribution in [-0.4, -0.2) is 59.8 Å². The zero-order chi connectivity index (χ0) is 12.8. The third-order valence-electron chi connectivity index (χ3n) is 2.14. The summed E-state index contributed by atoms with van der Waals surface area (Å²) >= 11 is 0. The molecule has 0 aliphatic rings. The molecule has 0 spiro atoms. The lowest BCUT2D eigenvalue weighted by Gasteiger charge is -2.28. The van der Waals surface area contributed by atoms with E-state index in [0.29, 0.717) is 13.1 Å². The van der Waals surface area contributed by atoms with E-state index in [1.54, 1.807) is 7.05 Å². The summed E-state index contributed by atoms with van der Waals surface area (Å²) in [6.45, 7) is 5.89. The minimum atomic E-state index is -3.14. The molecule has 16 heavy (non-hydrogen) atoms. The van der Waals surface area contributed by atoms with Crippen molar-refractivity contribution >= 4 is 10.0 Å². The Morgan fingerprint density at radius 2 is 1.81 bits per heavy atom. The Hall–Kier alpha value is -0.170. The zero-order valence-electron chi connectivity index (χ0n) is 11.0. The van der Waals surface area contributed by atoms with Crippen LogP contribution in [0, 0.1) is 5.41 Å². The van der Waals surface area contributed by atoms with Gasteiger partial charge in [0.25, 0.3) is 0 Å². The van der Waals surface area contributed by atoms with Crippen molar-refractivity contribution in [2.24, 2.45) is 5.41 Å². The lowest BCUT2D eigenvalue weighted by Crippen LogP contribution is -2.41.